The average molecular weight is 362 g/mol. The summed E-state index contributed by atoms with van der Waals surface area (Å²) < 4.78 is 16.5. The number of carbonyl (C=O) groups excluding carboxylic acids is 2. The van der Waals surface area contributed by atoms with Gasteiger partial charge in [-0.05, 0) is 52.2 Å². The molecule has 0 aromatic heterocycles. The van der Waals surface area contributed by atoms with Crippen LogP contribution in [0.1, 0.15) is 40.5 Å². The number of aliphatic hydroxyl groups is 1. The maximum Gasteiger partial charge on any atom is 0.341 e. The smallest absolute Gasteiger partial charge is 0.341 e. The Balaban J connectivity index is 1.97. The summed E-state index contributed by atoms with van der Waals surface area (Å²) in [5, 5.41) is 10.9. The lowest BCUT2D eigenvalue weighted by Crippen LogP contribution is -2.44. The molecule has 0 spiro atoms. The number of aliphatic hydroxyl groups excluding tert-OH is 1. The number of fused-ring (bicyclic) bond motifs is 1. The SMILES string of the molecule is C=C1C(=O)O[C@H]2/C=C(\C)CC/C=C(\C)[C@@H](O)[C@H](OC(=O)[C@]3(C)O[C@@H]3C)[C@@H]12. The van der Waals surface area contributed by atoms with E-state index in [1.807, 2.05) is 19.1 Å². The van der Waals surface area contributed by atoms with Gasteiger partial charge in [-0.25, -0.2) is 9.59 Å². The normalized spacial score (nSPS) is 44.1. The molecular formula is C20H26O6. The molecule has 1 aliphatic carbocycles. The van der Waals surface area contributed by atoms with Gasteiger partial charge in [-0.3, -0.25) is 0 Å². The van der Waals surface area contributed by atoms with E-state index in [9.17, 15) is 14.7 Å². The fourth-order valence-electron chi connectivity index (χ4n) is 3.52. The third-order valence-electron chi connectivity index (χ3n) is 5.64. The summed E-state index contributed by atoms with van der Waals surface area (Å²) in [5.41, 5.74) is 0.954. The fourth-order valence-corrected chi connectivity index (χ4v) is 3.52. The number of esters is 2. The first-order valence-electron chi connectivity index (χ1n) is 8.96. The summed E-state index contributed by atoms with van der Waals surface area (Å²) in [6.07, 6.45) is 2.45. The topological polar surface area (TPSA) is 85.4 Å². The van der Waals surface area contributed by atoms with Crippen LogP contribution in [-0.2, 0) is 23.8 Å². The highest BCUT2D eigenvalue weighted by atomic mass is 16.7. The number of hydrogen-bond acceptors (Lipinski definition) is 6. The molecule has 0 aromatic rings. The molecule has 0 amide bonds. The van der Waals surface area contributed by atoms with Crippen molar-refractivity contribution in [3.63, 3.8) is 0 Å². The molecule has 3 aliphatic rings. The predicted molar refractivity (Wildman–Crippen MR) is 94.1 cm³/mol. The minimum Gasteiger partial charge on any atom is -0.456 e. The van der Waals surface area contributed by atoms with Crippen molar-refractivity contribution in [3.05, 3.63) is 35.5 Å². The second-order valence-corrected chi connectivity index (χ2v) is 7.60. The molecule has 0 radical (unpaired) electrons. The quantitative estimate of drug-likeness (QED) is 0.351. The van der Waals surface area contributed by atoms with Crippen molar-refractivity contribution in [1.82, 2.24) is 0 Å². The minimum atomic E-state index is -1.05. The molecular weight excluding hydrogens is 336 g/mol. The third kappa shape index (κ3) is 3.23. The molecule has 6 nitrogen and oxygen atoms in total. The minimum absolute atomic E-state index is 0.208. The average Bonchev–Trinajstić information content (AvgIpc) is 3.10. The van der Waals surface area contributed by atoms with Crippen LogP contribution in [0.3, 0.4) is 0 Å². The molecule has 26 heavy (non-hydrogen) atoms. The first-order chi connectivity index (χ1) is 12.1. The van der Waals surface area contributed by atoms with Gasteiger partial charge in [0.25, 0.3) is 0 Å². The zero-order chi connectivity index (χ0) is 19.2. The predicted octanol–water partition coefficient (Wildman–Crippen LogP) is 2.22. The van der Waals surface area contributed by atoms with Crippen LogP contribution in [0.5, 0.6) is 0 Å². The third-order valence-corrected chi connectivity index (χ3v) is 5.64. The molecule has 0 saturated carbocycles. The number of carbonyl (C=O) groups is 2. The standard InChI is InChI=1S/C20H26O6/c1-10-7-6-8-11(2)16(21)17(25-19(23)20(5)13(4)26-20)15-12(3)18(22)24-14(15)9-10/h8-9,13-17,21H,3,6-7H2,1-2,4-5H3/b10-9+,11-8+/t13-,14+,15+,16-,17-,20-/m1/s1. The van der Waals surface area contributed by atoms with Crippen LogP contribution < -0.4 is 0 Å². The van der Waals surface area contributed by atoms with Crippen molar-refractivity contribution in [2.24, 2.45) is 5.92 Å². The van der Waals surface area contributed by atoms with Gasteiger partial charge >= 0.3 is 11.9 Å². The highest BCUT2D eigenvalue weighted by Gasteiger charge is 2.59. The van der Waals surface area contributed by atoms with Crippen molar-refractivity contribution < 1.29 is 28.9 Å². The molecule has 142 valence electrons. The van der Waals surface area contributed by atoms with E-state index in [1.54, 1.807) is 20.8 Å². The molecule has 0 aromatic carbocycles. The van der Waals surface area contributed by atoms with Crippen LogP contribution in [0.4, 0.5) is 0 Å². The second-order valence-electron chi connectivity index (χ2n) is 7.60. The van der Waals surface area contributed by atoms with Gasteiger partial charge in [0, 0.05) is 5.57 Å². The lowest BCUT2D eigenvalue weighted by Gasteiger charge is -2.31. The van der Waals surface area contributed by atoms with Crippen molar-refractivity contribution in [3.8, 4) is 0 Å². The Labute approximate surface area is 153 Å². The Bertz CT molecular complexity index is 705. The highest BCUT2D eigenvalue weighted by Crippen LogP contribution is 2.40. The highest BCUT2D eigenvalue weighted by molar-refractivity contribution is 5.91. The number of allylic oxidation sites excluding steroid dienone is 2. The molecule has 2 heterocycles. The number of rotatable bonds is 2. The Morgan fingerprint density at radius 1 is 1.42 bits per heavy atom. The van der Waals surface area contributed by atoms with Gasteiger partial charge in [-0.1, -0.05) is 18.2 Å². The summed E-state index contributed by atoms with van der Waals surface area (Å²) in [4.78, 5) is 24.7. The van der Waals surface area contributed by atoms with Crippen LogP contribution in [0, 0.1) is 5.92 Å². The number of ether oxygens (including phenoxy) is 3. The maximum atomic E-state index is 12.6. The largest absolute Gasteiger partial charge is 0.456 e. The zero-order valence-corrected chi connectivity index (χ0v) is 15.7. The Morgan fingerprint density at radius 2 is 2.08 bits per heavy atom. The van der Waals surface area contributed by atoms with Crippen LogP contribution in [0.25, 0.3) is 0 Å². The number of epoxide rings is 1. The van der Waals surface area contributed by atoms with Crippen molar-refractivity contribution in [2.75, 3.05) is 0 Å². The van der Waals surface area contributed by atoms with E-state index in [-0.39, 0.29) is 11.7 Å². The fraction of sp³-hybridized carbons (Fsp3) is 0.600. The van der Waals surface area contributed by atoms with Crippen LogP contribution in [0.15, 0.2) is 35.5 Å². The van der Waals surface area contributed by atoms with Gasteiger partial charge in [-0.15, -0.1) is 0 Å². The monoisotopic (exact) mass is 362 g/mol. The van der Waals surface area contributed by atoms with Gasteiger partial charge in [0.05, 0.1) is 12.0 Å². The van der Waals surface area contributed by atoms with Crippen molar-refractivity contribution in [2.45, 2.75) is 70.6 Å². The van der Waals surface area contributed by atoms with Gasteiger partial charge in [-0.2, -0.15) is 0 Å². The summed E-state index contributed by atoms with van der Waals surface area (Å²) in [7, 11) is 0. The van der Waals surface area contributed by atoms with Crippen molar-refractivity contribution in [1.29, 1.82) is 0 Å². The van der Waals surface area contributed by atoms with E-state index in [0.717, 1.165) is 18.4 Å². The van der Waals surface area contributed by atoms with Crippen LogP contribution in [0.2, 0.25) is 0 Å². The van der Waals surface area contributed by atoms with Crippen LogP contribution >= 0.6 is 0 Å². The van der Waals surface area contributed by atoms with E-state index in [1.165, 1.54) is 0 Å². The van der Waals surface area contributed by atoms with Gasteiger partial charge in [0.15, 0.2) is 5.60 Å². The molecule has 3 rings (SSSR count). The summed E-state index contributed by atoms with van der Waals surface area (Å²) in [6.45, 7) is 11.0. The molecule has 1 N–H and O–H groups in total. The van der Waals surface area contributed by atoms with E-state index >= 15 is 0 Å². The second kappa shape index (κ2) is 6.67. The summed E-state index contributed by atoms with van der Waals surface area (Å²) >= 11 is 0. The van der Waals surface area contributed by atoms with E-state index in [4.69, 9.17) is 14.2 Å². The molecule has 0 unspecified atom stereocenters. The molecule has 2 saturated heterocycles. The van der Waals surface area contributed by atoms with Gasteiger partial charge in [0.2, 0.25) is 0 Å². The van der Waals surface area contributed by atoms with Crippen molar-refractivity contribution >= 4 is 11.9 Å². The molecule has 0 bridgehead atoms. The zero-order valence-electron chi connectivity index (χ0n) is 15.7. The molecule has 2 fully saturated rings. The first-order valence-corrected chi connectivity index (χ1v) is 8.96. The van der Waals surface area contributed by atoms with Gasteiger partial charge in [0.1, 0.15) is 18.3 Å². The number of hydrogen-bond donors (Lipinski definition) is 1. The van der Waals surface area contributed by atoms with E-state index in [2.05, 4.69) is 6.58 Å². The van der Waals surface area contributed by atoms with E-state index < -0.39 is 41.8 Å². The summed E-state index contributed by atoms with van der Waals surface area (Å²) in [6, 6.07) is 0. The van der Waals surface area contributed by atoms with Crippen LogP contribution in [-0.4, -0.2) is 47.1 Å². The Hall–Kier alpha value is -1.92. The Kier molecular flexibility index (Phi) is 4.84. The molecule has 6 heteroatoms. The lowest BCUT2D eigenvalue weighted by molar-refractivity contribution is -0.163. The van der Waals surface area contributed by atoms with Gasteiger partial charge < -0.3 is 19.3 Å². The maximum absolute atomic E-state index is 12.6. The summed E-state index contributed by atoms with van der Waals surface area (Å²) in [5.74, 6) is -1.72. The molecule has 2 aliphatic heterocycles. The first kappa shape index (κ1) is 18.9. The van der Waals surface area contributed by atoms with E-state index in [0.29, 0.717) is 5.57 Å². The lowest BCUT2D eigenvalue weighted by atomic mass is 9.84. The Morgan fingerprint density at radius 3 is 2.69 bits per heavy atom. The molecule has 6 atom stereocenters.